The molecule has 6 nitrogen and oxygen atoms in total. The second-order valence-corrected chi connectivity index (χ2v) is 5.88. The first kappa shape index (κ1) is 15.1. The van der Waals surface area contributed by atoms with Crippen LogP contribution >= 0.6 is 0 Å². The molecule has 0 aliphatic heterocycles. The molecule has 1 unspecified atom stereocenters. The molecule has 0 fully saturated rings. The maximum Gasteiger partial charge on any atom is 0.335 e. The summed E-state index contributed by atoms with van der Waals surface area (Å²) in [6.07, 6.45) is 0.0609. The number of carboxylic acid groups (broad SMARTS) is 1. The first-order chi connectivity index (χ1) is 8.77. The van der Waals surface area contributed by atoms with Gasteiger partial charge in [-0.1, -0.05) is 0 Å². The molecule has 102 valence electrons. The van der Waals surface area contributed by atoms with Crippen LogP contribution in [0.2, 0.25) is 0 Å². The number of carboxylic acids is 1. The van der Waals surface area contributed by atoms with Gasteiger partial charge in [-0.15, -0.1) is 0 Å². The Labute approximate surface area is 111 Å². The third kappa shape index (κ3) is 3.77. The van der Waals surface area contributed by atoms with E-state index < -0.39 is 22.0 Å². The molecule has 1 aromatic carbocycles. The van der Waals surface area contributed by atoms with E-state index in [2.05, 4.69) is 4.72 Å². The Kier molecular flexibility index (Phi) is 4.64. The van der Waals surface area contributed by atoms with Crippen LogP contribution in [0.25, 0.3) is 0 Å². The summed E-state index contributed by atoms with van der Waals surface area (Å²) in [5.41, 5.74) is 0.423. The fraction of sp³-hybridized carbons (Fsp3) is 0.333. The second kappa shape index (κ2) is 5.82. The van der Waals surface area contributed by atoms with Gasteiger partial charge in [0.2, 0.25) is 10.0 Å². The lowest BCUT2D eigenvalue weighted by atomic mass is 10.1. The Balaban J connectivity index is 3.07. The van der Waals surface area contributed by atoms with Crippen molar-refractivity contribution in [3.05, 3.63) is 29.3 Å². The van der Waals surface area contributed by atoms with Gasteiger partial charge in [0.15, 0.2) is 0 Å². The normalized spacial score (nSPS) is 12.7. The molecule has 0 spiro atoms. The van der Waals surface area contributed by atoms with Gasteiger partial charge >= 0.3 is 5.97 Å². The minimum absolute atomic E-state index is 0.0141. The molecule has 0 aliphatic carbocycles. The van der Waals surface area contributed by atoms with E-state index in [1.54, 1.807) is 6.92 Å². The summed E-state index contributed by atoms with van der Waals surface area (Å²) in [4.78, 5) is 10.8. The monoisotopic (exact) mass is 282 g/mol. The van der Waals surface area contributed by atoms with Crippen LogP contribution in [0.4, 0.5) is 0 Å². The number of nitrogens with one attached hydrogen (secondary N) is 1. The first-order valence-corrected chi connectivity index (χ1v) is 6.99. The highest BCUT2D eigenvalue weighted by molar-refractivity contribution is 7.89. The summed E-state index contributed by atoms with van der Waals surface area (Å²) in [5.74, 6) is -1.10. The minimum atomic E-state index is -3.74. The Morgan fingerprint density at radius 1 is 1.53 bits per heavy atom. The number of nitrogens with zero attached hydrogens (tertiary/aromatic N) is 1. The molecular formula is C12H14N2O4S. The second-order valence-electron chi connectivity index (χ2n) is 4.17. The summed E-state index contributed by atoms with van der Waals surface area (Å²) in [5, 5.41) is 17.4. The van der Waals surface area contributed by atoms with E-state index in [9.17, 15) is 13.2 Å². The van der Waals surface area contributed by atoms with Crippen molar-refractivity contribution in [3.8, 4) is 6.07 Å². The van der Waals surface area contributed by atoms with Crippen molar-refractivity contribution >= 4 is 16.0 Å². The van der Waals surface area contributed by atoms with Gasteiger partial charge in [-0.3, -0.25) is 0 Å². The van der Waals surface area contributed by atoms with Crippen LogP contribution in [0.15, 0.2) is 23.1 Å². The predicted molar refractivity (Wildman–Crippen MR) is 68.2 cm³/mol. The third-order valence-electron chi connectivity index (χ3n) is 2.49. The summed E-state index contributed by atoms with van der Waals surface area (Å²) in [7, 11) is -3.74. The van der Waals surface area contributed by atoms with Gasteiger partial charge in [0.05, 0.1) is 22.9 Å². The van der Waals surface area contributed by atoms with Gasteiger partial charge < -0.3 is 5.11 Å². The lowest BCUT2D eigenvalue weighted by Crippen LogP contribution is -2.32. The third-order valence-corrected chi connectivity index (χ3v) is 4.08. The maximum absolute atomic E-state index is 12.0. The van der Waals surface area contributed by atoms with Gasteiger partial charge in [0.25, 0.3) is 0 Å². The fourth-order valence-electron chi connectivity index (χ4n) is 1.55. The molecule has 2 N–H and O–H groups in total. The standard InChI is InChI=1S/C12H14N2O4S/c1-8-7-10(3-4-11(8)12(15)16)19(17,18)14-9(2)5-6-13/h3-4,7,9,14H,5H2,1-2H3,(H,15,16). The lowest BCUT2D eigenvalue weighted by molar-refractivity contribution is 0.0696. The van der Waals surface area contributed by atoms with Crippen LogP contribution in [0.5, 0.6) is 0 Å². The Bertz CT molecular complexity index is 632. The number of rotatable bonds is 5. The van der Waals surface area contributed by atoms with E-state index in [0.29, 0.717) is 5.56 Å². The highest BCUT2D eigenvalue weighted by Gasteiger charge is 2.19. The largest absolute Gasteiger partial charge is 0.478 e. The summed E-state index contributed by atoms with van der Waals surface area (Å²) < 4.78 is 26.3. The summed E-state index contributed by atoms with van der Waals surface area (Å²) in [6.45, 7) is 3.11. The topological polar surface area (TPSA) is 107 Å². The minimum Gasteiger partial charge on any atom is -0.478 e. The SMILES string of the molecule is Cc1cc(S(=O)(=O)NC(C)CC#N)ccc1C(=O)O. The quantitative estimate of drug-likeness (QED) is 0.845. The van der Waals surface area contributed by atoms with Crippen LogP contribution in [-0.4, -0.2) is 25.5 Å². The molecule has 0 saturated carbocycles. The summed E-state index contributed by atoms with van der Waals surface area (Å²) >= 11 is 0. The number of hydrogen-bond donors (Lipinski definition) is 2. The van der Waals surface area contributed by atoms with Crippen LogP contribution in [0, 0.1) is 18.3 Å². The number of sulfonamides is 1. The van der Waals surface area contributed by atoms with E-state index in [1.165, 1.54) is 25.1 Å². The highest BCUT2D eigenvalue weighted by Crippen LogP contribution is 2.16. The molecule has 0 heterocycles. The molecule has 0 aliphatic rings. The average molecular weight is 282 g/mol. The van der Waals surface area contributed by atoms with Crippen molar-refractivity contribution in [1.82, 2.24) is 4.72 Å². The van der Waals surface area contributed by atoms with Crippen molar-refractivity contribution in [1.29, 1.82) is 5.26 Å². The van der Waals surface area contributed by atoms with Gasteiger partial charge in [0, 0.05) is 6.04 Å². The van der Waals surface area contributed by atoms with Gasteiger partial charge in [-0.2, -0.15) is 5.26 Å². The van der Waals surface area contributed by atoms with Crippen molar-refractivity contribution in [2.24, 2.45) is 0 Å². The van der Waals surface area contributed by atoms with Crippen LogP contribution in [-0.2, 0) is 10.0 Å². The highest BCUT2D eigenvalue weighted by atomic mass is 32.2. The van der Waals surface area contributed by atoms with E-state index in [-0.39, 0.29) is 16.9 Å². The average Bonchev–Trinajstić information content (AvgIpc) is 2.27. The van der Waals surface area contributed by atoms with Crippen molar-refractivity contribution in [3.63, 3.8) is 0 Å². The molecule has 1 atom stereocenters. The number of nitriles is 1. The van der Waals surface area contributed by atoms with Crippen LogP contribution < -0.4 is 4.72 Å². The van der Waals surface area contributed by atoms with Crippen molar-refractivity contribution in [2.75, 3.05) is 0 Å². The molecule has 0 saturated heterocycles. The molecule has 0 bridgehead atoms. The molecule has 0 aromatic heterocycles. The van der Waals surface area contributed by atoms with Crippen LogP contribution in [0.3, 0.4) is 0 Å². The van der Waals surface area contributed by atoms with E-state index >= 15 is 0 Å². The number of aryl methyl sites for hydroxylation is 1. The zero-order valence-electron chi connectivity index (χ0n) is 10.5. The Morgan fingerprint density at radius 2 is 2.16 bits per heavy atom. The smallest absolute Gasteiger partial charge is 0.335 e. The van der Waals surface area contributed by atoms with Crippen molar-refractivity contribution in [2.45, 2.75) is 31.2 Å². The zero-order valence-corrected chi connectivity index (χ0v) is 11.4. The van der Waals surface area contributed by atoms with E-state index in [4.69, 9.17) is 10.4 Å². The van der Waals surface area contributed by atoms with Gasteiger partial charge in [0.1, 0.15) is 0 Å². The molecule has 1 rings (SSSR count). The van der Waals surface area contributed by atoms with Crippen molar-refractivity contribution < 1.29 is 18.3 Å². The first-order valence-electron chi connectivity index (χ1n) is 5.51. The molecular weight excluding hydrogens is 268 g/mol. The molecule has 19 heavy (non-hydrogen) atoms. The number of hydrogen-bond acceptors (Lipinski definition) is 4. The molecule has 0 radical (unpaired) electrons. The zero-order chi connectivity index (χ0) is 14.6. The number of aromatic carboxylic acids is 1. The Hall–Kier alpha value is -1.91. The van der Waals surface area contributed by atoms with Crippen LogP contribution in [0.1, 0.15) is 29.3 Å². The number of benzene rings is 1. The fourth-order valence-corrected chi connectivity index (χ4v) is 2.88. The molecule has 0 amide bonds. The lowest BCUT2D eigenvalue weighted by Gasteiger charge is -2.12. The predicted octanol–water partition coefficient (Wildman–Crippen LogP) is 1.27. The van der Waals surface area contributed by atoms with Gasteiger partial charge in [-0.05, 0) is 37.6 Å². The summed E-state index contributed by atoms with van der Waals surface area (Å²) in [6, 6.07) is 5.15. The van der Waals surface area contributed by atoms with E-state index in [1.807, 2.05) is 6.07 Å². The van der Waals surface area contributed by atoms with E-state index in [0.717, 1.165) is 0 Å². The molecule has 7 heteroatoms. The number of carbonyl (C=O) groups is 1. The molecule has 1 aromatic rings. The maximum atomic E-state index is 12.0. The van der Waals surface area contributed by atoms with Gasteiger partial charge in [-0.25, -0.2) is 17.9 Å². The Morgan fingerprint density at radius 3 is 2.63 bits per heavy atom.